The molecule has 1 unspecified atom stereocenters. The van der Waals surface area contributed by atoms with E-state index in [0.717, 1.165) is 17.9 Å². The van der Waals surface area contributed by atoms with Crippen LogP contribution in [0.15, 0.2) is 0 Å². The summed E-state index contributed by atoms with van der Waals surface area (Å²) in [5.41, 5.74) is 0. The molecule has 4 heteroatoms. The van der Waals surface area contributed by atoms with Crippen LogP contribution in [0.5, 0.6) is 0 Å². The molecule has 1 amide bonds. The van der Waals surface area contributed by atoms with E-state index in [1.54, 1.807) is 0 Å². The maximum Gasteiger partial charge on any atom is 0.225 e. The lowest BCUT2D eigenvalue weighted by atomic mass is 10.1. The van der Waals surface area contributed by atoms with Crippen LogP contribution >= 0.6 is 11.8 Å². The van der Waals surface area contributed by atoms with Gasteiger partial charge in [-0.15, -0.1) is 0 Å². The zero-order valence-electron chi connectivity index (χ0n) is 7.75. The van der Waals surface area contributed by atoms with Gasteiger partial charge in [-0.2, -0.15) is 17.0 Å². The zero-order chi connectivity index (χ0) is 9.68. The van der Waals surface area contributed by atoms with Crippen molar-refractivity contribution in [2.24, 2.45) is 5.92 Å². The molecule has 1 rings (SSSR count). The Morgan fingerprint density at radius 3 is 3.08 bits per heavy atom. The lowest BCUT2D eigenvalue weighted by Gasteiger charge is -2.12. The Bertz CT molecular complexity index is 218. The molecule has 1 N–H and O–H groups in total. The minimum atomic E-state index is -0.307. The van der Waals surface area contributed by atoms with Crippen molar-refractivity contribution < 1.29 is 4.79 Å². The van der Waals surface area contributed by atoms with E-state index in [2.05, 4.69) is 11.4 Å². The van der Waals surface area contributed by atoms with Crippen molar-refractivity contribution in [1.29, 1.82) is 5.26 Å². The van der Waals surface area contributed by atoms with Crippen molar-refractivity contribution in [2.45, 2.75) is 25.8 Å². The van der Waals surface area contributed by atoms with Crippen molar-refractivity contribution in [3.05, 3.63) is 0 Å². The van der Waals surface area contributed by atoms with Gasteiger partial charge in [-0.1, -0.05) is 6.92 Å². The predicted molar refractivity (Wildman–Crippen MR) is 53.3 cm³/mol. The molecule has 3 nitrogen and oxygen atoms in total. The first-order valence-corrected chi connectivity index (χ1v) is 5.71. The second kappa shape index (κ2) is 5.13. The van der Waals surface area contributed by atoms with E-state index in [0.29, 0.717) is 6.42 Å². The third-order valence-corrected chi connectivity index (χ3v) is 3.34. The standard InChI is InChI=1S/C9H14N2OS/c1-2-8(5-10)11-9(12)7-3-4-13-6-7/h7-8H,2-4,6H2,1H3,(H,11,12)/t7?,8-/m1/s1. The second-order valence-electron chi connectivity index (χ2n) is 3.16. The van der Waals surface area contributed by atoms with Crippen LogP contribution in [0.25, 0.3) is 0 Å². The molecule has 2 atom stereocenters. The van der Waals surface area contributed by atoms with Crippen LogP contribution in [0.4, 0.5) is 0 Å². The van der Waals surface area contributed by atoms with Gasteiger partial charge in [0.1, 0.15) is 6.04 Å². The molecule has 1 heterocycles. The molecule has 0 aromatic rings. The van der Waals surface area contributed by atoms with Crippen LogP contribution in [-0.4, -0.2) is 23.5 Å². The summed E-state index contributed by atoms with van der Waals surface area (Å²) in [6.07, 6.45) is 1.64. The van der Waals surface area contributed by atoms with Crippen molar-refractivity contribution in [1.82, 2.24) is 5.32 Å². The molecule has 72 valence electrons. The van der Waals surface area contributed by atoms with Gasteiger partial charge in [-0.25, -0.2) is 0 Å². The number of hydrogen-bond donors (Lipinski definition) is 1. The highest BCUT2D eigenvalue weighted by atomic mass is 32.2. The van der Waals surface area contributed by atoms with Gasteiger partial charge >= 0.3 is 0 Å². The van der Waals surface area contributed by atoms with Crippen LogP contribution in [-0.2, 0) is 4.79 Å². The summed E-state index contributed by atoms with van der Waals surface area (Å²) in [4.78, 5) is 11.5. The Labute approximate surface area is 82.9 Å². The lowest BCUT2D eigenvalue weighted by molar-refractivity contribution is -0.124. The molecule has 0 bridgehead atoms. The molecule has 1 saturated heterocycles. The molecule has 0 aromatic carbocycles. The van der Waals surface area contributed by atoms with E-state index in [-0.39, 0.29) is 17.9 Å². The predicted octanol–water partition coefficient (Wildman–Crippen LogP) is 1.16. The van der Waals surface area contributed by atoms with Gasteiger partial charge in [0.2, 0.25) is 5.91 Å². The van der Waals surface area contributed by atoms with E-state index in [4.69, 9.17) is 5.26 Å². The van der Waals surface area contributed by atoms with E-state index in [9.17, 15) is 4.79 Å². The van der Waals surface area contributed by atoms with Crippen LogP contribution in [0.3, 0.4) is 0 Å². The third-order valence-electron chi connectivity index (χ3n) is 2.18. The Balaban J connectivity index is 2.35. The van der Waals surface area contributed by atoms with Crippen LogP contribution in [0, 0.1) is 17.2 Å². The molecule has 1 aliphatic heterocycles. The fourth-order valence-electron chi connectivity index (χ4n) is 1.26. The molecule has 0 aromatic heterocycles. The fraction of sp³-hybridized carbons (Fsp3) is 0.778. The quantitative estimate of drug-likeness (QED) is 0.740. The number of thioether (sulfide) groups is 1. The molecule has 0 radical (unpaired) electrons. The average Bonchev–Trinajstić information content (AvgIpc) is 2.66. The van der Waals surface area contributed by atoms with E-state index in [1.807, 2.05) is 18.7 Å². The number of nitrogens with zero attached hydrogens (tertiary/aromatic N) is 1. The summed E-state index contributed by atoms with van der Waals surface area (Å²) in [5, 5.41) is 11.4. The lowest BCUT2D eigenvalue weighted by Crippen LogP contribution is -2.37. The van der Waals surface area contributed by atoms with Gasteiger partial charge in [0.05, 0.1) is 6.07 Å². The number of rotatable bonds is 3. The summed E-state index contributed by atoms with van der Waals surface area (Å²) >= 11 is 1.81. The molecule has 0 saturated carbocycles. The van der Waals surface area contributed by atoms with Crippen molar-refractivity contribution in [2.75, 3.05) is 11.5 Å². The van der Waals surface area contributed by atoms with Gasteiger partial charge in [0.25, 0.3) is 0 Å². The Morgan fingerprint density at radius 2 is 2.62 bits per heavy atom. The first kappa shape index (κ1) is 10.4. The fourth-order valence-corrected chi connectivity index (χ4v) is 2.48. The van der Waals surface area contributed by atoms with Crippen molar-refractivity contribution >= 4 is 17.7 Å². The van der Waals surface area contributed by atoms with E-state index >= 15 is 0 Å². The number of carbonyl (C=O) groups is 1. The summed E-state index contributed by atoms with van der Waals surface area (Å²) in [5.74, 6) is 2.17. The van der Waals surface area contributed by atoms with Gasteiger partial charge < -0.3 is 5.32 Å². The number of carbonyl (C=O) groups excluding carboxylic acids is 1. The normalized spacial score (nSPS) is 23.5. The smallest absolute Gasteiger partial charge is 0.225 e. The highest BCUT2D eigenvalue weighted by Gasteiger charge is 2.24. The molecule has 0 aliphatic carbocycles. The number of nitriles is 1. The summed E-state index contributed by atoms with van der Waals surface area (Å²) in [6, 6.07) is 1.76. The molecule has 13 heavy (non-hydrogen) atoms. The van der Waals surface area contributed by atoms with E-state index < -0.39 is 0 Å². The van der Waals surface area contributed by atoms with Gasteiger partial charge in [-0.3, -0.25) is 4.79 Å². The molecular weight excluding hydrogens is 184 g/mol. The van der Waals surface area contributed by atoms with Gasteiger partial charge in [0.15, 0.2) is 0 Å². The summed E-state index contributed by atoms with van der Waals surface area (Å²) in [6.45, 7) is 1.90. The average molecular weight is 198 g/mol. The molecule has 1 fully saturated rings. The minimum Gasteiger partial charge on any atom is -0.340 e. The largest absolute Gasteiger partial charge is 0.340 e. The SMILES string of the molecule is CC[C@H](C#N)NC(=O)C1CCSC1. The van der Waals surface area contributed by atoms with Crippen LogP contribution < -0.4 is 5.32 Å². The Kier molecular flexibility index (Phi) is 4.10. The summed E-state index contributed by atoms with van der Waals surface area (Å²) < 4.78 is 0. The monoisotopic (exact) mass is 198 g/mol. The maximum absolute atomic E-state index is 11.5. The topological polar surface area (TPSA) is 52.9 Å². The Hall–Kier alpha value is -0.690. The van der Waals surface area contributed by atoms with Gasteiger partial charge in [0, 0.05) is 11.7 Å². The second-order valence-corrected chi connectivity index (χ2v) is 4.31. The molecule has 1 aliphatic rings. The minimum absolute atomic E-state index is 0.0541. The first-order valence-electron chi connectivity index (χ1n) is 4.55. The van der Waals surface area contributed by atoms with Gasteiger partial charge in [-0.05, 0) is 18.6 Å². The van der Waals surface area contributed by atoms with Crippen LogP contribution in [0.2, 0.25) is 0 Å². The zero-order valence-corrected chi connectivity index (χ0v) is 8.56. The third kappa shape index (κ3) is 2.92. The number of nitrogens with one attached hydrogen (secondary N) is 1. The summed E-state index contributed by atoms with van der Waals surface area (Å²) in [7, 11) is 0. The van der Waals surface area contributed by atoms with Crippen LogP contribution in [0.1, 0.15) is 19.8 Å². The molecule has 0 spiro atoms. The highest BCUT2D eigenvalue weighted by Crippen LogP contribution is 2.23. The maximum atomic E-state index is 11.5. The van der Waals surface area contributed by atoms with Crippen molar-refractivity contribution in [3.63, 3.8) is 0 Å². The number of amides is 1. The Morgan fingerprint density at radius 1 is 1.85 bits per heavy atom. The molecular formula is C9H14N2OS. The van der Waals surface area contributed by atoms with E-state index in [1.165, 1.54) is 0 Å². The van der Waals surface area contributed by atoms with Crippen molar-refractivity contribution in [3.8, 4) is 6.07 Å². The first-order chi connectivity index (χ1) is 6.27. The number of hydrogen-bond acceptors (Lipinski definition) is 3. The highest BCUT2D eigenvalue weighted by molar-refractivity contribution is 7.99.